The lowest BCUT2D eigenvalue weighted by molar-refractivity contribution is -0.0694. The lowest BCUT2D eigenvalue weighted by Gasteiger charge is -2.43. The summed E-state index contributed by atoms with van der Waals surface area (Å²) >= 11 is 1.23. The second kappa shape index (κ2) is 6.03. The Morgan fingerprint density at radius 1 is 1.38 bits per heavy atom. The monoisotopic (exact) mass is 310 g/mol. The van der Waals surface area contributed by atoms with Crippen LogP contribution in [0.5, 0.6) is 0 Å². The van der Waals surface area contributed by atoms with E-state index in [1.807, 2.05) is 0 Å². The number of amides is 2. The Kier molecular flexibility index (Phi) is 4.12. The number of anilines is 1. The highest BCUT2D eigenvalue weighted by Gasteiger charge is 2.37. The quantitative estimate of drug-likeness (QED) is 0.880. The van der Waals surface area contributed by atoms with E-state index in [1.54, 1.807) is 10.3 Å². The number of nitrogens with zero attached hydrogens (tertiary/aromatic N) is 1. The highest BCUT2D eigenvalue weighted by molar-refractivity contribution is 7.14. The van der Waals surface area contributed by atoms with E-state index in [2.05, 4.69) is 5.32 Å². The molecule has 0 bridgehead atoms. The van der Waals surface area contributed by atoms with Gasteiger partial charge in [-0.2, -0.15) is 0 Å². The first kappa shape index (κ1) is 14.3. The molecule has 1 aromatic rings. The van der Waals surface area contributed by atoms with E-state index in [0.29, 0.717) is 18.2 Å². The van der Waals surface area contributed by atoms with Crippen LogP contribution in [0.2, 0.25) is 0 Å². The molecule has 2 aliphatic rings. The molecule has 0 aromatic carbocycles. The van der Waals surface area contributed by atoms with Crippen LogP contribution in [-0.4, -0.2) is 47.3 Å². The molecule has 6 nitrogen and oxygen atoms in total. The maximum Gasteiger partial charge on any atom is 0.338 e. The number of carboxylic acid groups (broad SMARTS) is 1. The van der Waals surface area contributed by atoms with Crippen molar-refractivity contribution < 1.29 is 19.4 Å². The third-order valence-electron chi connectivity index (χ3n) is 4.11. The molecular weight excluding hydrogens is 292 g/mol. The van der Waals surface area contributed by atoms with E-state index in [1.165, 1.54) is 17.4 Å². The van der Waals surface area contributed by atoms with Crippen LogP contribution in [0.25, 0.3) is 0 Å². The van der Waals surface area contributed by atoms with Crippen molar-refractivity contribution in [3.63, 3.8) is 0 Å². The number of rotatable bonds is 2. The molecule has 2 atom stereocenters. The first-order valence-corrected chi connectivity index (χ1v) is 8.05. The maximum absolute atomic E-state index is 12.5. The van der Waals surface area contributed by atoms with Crippen LogP contribution in [0.4, 0.5) is 9.80 Å². The summed E-state index contributed by atoms with van der Waals surface area (Å²) in [4.78, 5) is 25.4. The van der Waals surface area contributed by atoms with E-state index < -0.39 is 5.97 Å². The van der Waals surface area contributed by atoms with Crippen LogP contribution in [0, 0.1) is 0 Å². The minimum Gasteiger partial charge on any atom is -0.478 e. The van der Waals surface area contributed by atoms with E-state index in [4.69, 9.17) is 9.84 Å². The third-order valence-corrected chi connectivity index (χ3v) is 4.94. The van der Waals surface area contributed by atoms with E-state index in [-0.39, 0.29) is 23.7 Å². The van der Waals surface area contributed by atoms with Crippen molar-refractivity contribution >= 4 is 28.3 Å². The van der Waals surface area contributed by atoms with Gasteiger partial charge in [0.25, 0.3) is 0 Å². The molecule has 1 saturated heterocycles. The molecule has 2 unspecified atom stereocenters. The SMILES string of the molecule is O=C(O)c1ccsc1NC(=O)N1CCOC2CCCCC21. The predicted octanol–water partition coefficient (Wildman–Crippen LogP) is 2.62. The number of aromatic carboxylic acids is 1. The van der Waals surface area contributed by atoms with Crippen molar-refractivity contribution in [1.82, 2.24) is 4.90 Å². The number of carbonyl (C=O) groups excluding carboxylic acids is 1. The van der Waals surface area contributed by atoms with Crippen LogP contribution >= 0.6 is 11.3 Å². The Labute approximate surface area is 126 Å². The lowest BCUT2D eigenvalue weighted by Crippen LogP contribution is -2.56. The van der Waals surface area contributed by atoms with Crippen LogP contribution < -0.4 is 5.32 Å². The number of fused-ring (bicyclic) bond motifs is 1. The van der Waals surface area contributed by atoms with Gasteiger partial charge < -0.3 is 14.7 Å². The topological polar surface area (TPSA) is 78.9 Å². The summed E-state index contributed by atoms with van der Waals surface area (Å²) < 4.78 is 5.75. The molecule has 7 heteroatoms. The molecule has 2 heterocycles. The Balaban J connectivity index is 1.72. The van der Waals surface area contributed by atoms with Gasteiger partial charge >= 0.3 is 12.0 Å². The van der Waals surface area contributed by atoms with Gasteiger partial charge in [-0.3, -0.25) is 5.32 Å². The number of urea groups is 1. The van der Waals surface area contributed by atoms with Crippen molar-refractivity contribution in [3.8, 4) is 0 Å². The van der Waals surface area contributed by atoms with E-state index in [9.17, 15) is 9.59 Å². The smallest absolute Gasteiger partial charge is 0.338 e. The van der Waals surface area contributed by atoms with Gasteiger partial charge in [0.2, 0.25) is 0 Å². The van der Waals surface area contributed by atoms with Gasteiger partial charge in [0.1, 0.15) is 5.00 Å². The second-order valence-electron chi connectivity index (χ2n) is 5.35. The minimum absolute atomic E-state index is 0.112. The molecule has 0 radical (unpaired) electrons. The number of hydrogen-bond acceptors (Lipinski definition) is 4. The summed E-state index contributed by atoms with van der Waals surface area (Å²) in [5, 5.41) is 13.9. The Hall–Kier alpha value is -1.60. The van der Waals surface area contributed by atoms with Gasteiger partial charge in [0.15, 0.2) is 0 Å². The van der Waals surface area contributed by atoms with Crippen LogP contribution in [0.1, 0.15) is 36.0 Å². The molecule has 3 rings (SSSR count). The summed E-state index contributed by atoms with van der Waals surface area (Å²) in [6, 6.07) is 1.40. The maximum atomic E-state index is 12.5. The van der Waals surface area contributed by atoms with Gasteiger partial charge in [-0.15, -0.1) is 11.3 Å². The van der Waals surface area contributed by atoms with Gasteiger partial charge in [-0.1, -0.05) is 12.8 Å². The fraction of sp³-hybridized carbons (Fsp3) is 0.571. The second-order valence-corrected chi connectivity index (χ2v) is 6.27. The fourth-order valence-electron chi connectivity index (χ4n) is 3.09. The molecule has 21 heavy (non-hydrogen) atoms. The first-order valence-electron chi connectivity index (χ1n) is 7.17. The first-order chi connectivity index (χ1) is 10.2. The Morgan fingerprint density at radius 3 is 3.00 bits per heavy atom. The molecular formula is C14H18N2O4S. The zero-order valence-corrected chi connectivity index (χ0v) is 12.4. The molecule has 2 N–H and O–H groups in total. The van der Waals surface area contributed by atoms with Crippen LogP contribution in [0.3, 0.4) is 0 Å². The van der Waals surface area contributed by atoms with Crippen molar-refractivity contribution in [2.75, 3.05) is 18.5 Å². The van der Waals surface area contributed by atoms with Crippen molar-refractivity contribution in [3.05, 3.63) is 17.0 Å². The fourth-order valence-corrected chi connectivity index (χ4v) is 3.86. The number of hydrogen-bond donors (Lipinski definition) is 2. The molecule has 114 valence electrons. The molecule has 1 aliphatic heterocycles. The Morgan fingerprint density at radius 2 is 2.19 bits per heavy atom. The highest BCUT2D eigenvalue weighted by Crippen LogP contribution is 2.30. The minimum atomic E-state index is -1.02. The van der Waals surface area contributed by atoms with Crippen molar-refractivity contribution in [2.45, 2.75) is 37.8 Å². The van der Waals surface area contributed by atoms with Crippen molar-refractivity contribution in [2.24, 2.45) is 0 Å². The molecule has 1 aromatic heterocycles. The molecule has 1 aliphatic carbocycles. The standard InChI is InChI=1S/C14H18N2O4S/c17-13(18)9-5-8-21-12(9)15-14(19)16-6-7-20-11-4-2-1-3-10(11)16/h5,8,10-11H,1-4,6-7H2,(H,15,19)(H,17,18). The molecule has 1 saturated carbocycles. The van der Waals surface area contributed by atoms with Gasteiger partial charge in [0.05, 0.1) is 24.3 Å². The average molecular weight is 310 g/mol. The Bertz CT molecular complexity index is 543. The number of carboxylic acids is 1. The van der Waals surface area contributed by atoms with Crippen LogP contribution in [-0.2, 0) is 4.74 Å². The third kappa shape index (κ3) is 2.89. The highest BCUT2D eigenvalue weighted by atomic mass is 32.1. The summed E-state index contributed by atoms with van der Waals surface area (Å²) in [6.45, 7) is 1.10. The van der Waals surface area contributed by atoms with E-state index >= 15 is 0 Å². The van der Waals surface area contributed by atoms with Gasteiger partial charge in [0, 0.05) is 6.54 Å². The largest absolute Gasteiger partial charge is 0.478 e. The number of ether oxygens (including phenoxy) is 1. The number of thiophene rings is 1. The molecule has 2 amide bonds. The molecule has 2 fully saturated rings. The number of carbonyl (C=O) groups is 2. The summed E-state index contributed by atoms with van der Waals surface area (Å²) in [6.07, 6.45) is 4.32. The lowest BCUT2D eigenvalue weighted by atomic mass is 9.90. The summed E-state index contributed by atoms with van der Waals surface area (Å²) in [5.41, 5.74) is 0.141. The predicted molar refractivity (Wildman–Crippen MR) is 79.0 cm³/mol. The number of morpholine rings is 1. The number of nitrogens with one attached hydrogen (secondary N) is 1. The van der Waals surface area contributed by atoms with Crippen molar-refractivity contribution in [1.29, 1.82) is 0 Å². The zero-order chi connectivity index (χ0) is 14.8. The zero-order valence-electron chi connectivity index (χ0n) is 11.6. The molecule has 0 spiro atoms. The van der Waals surface area contributed by atoms with Crippen LogP contribution in [0.15, 0.2) is 11.4 Å². The summed E-state index contributed by atoms with van der Waals surface area (Å²) in [5.74, 6) is -1.02. The van der Waals surface area contributed by atoms with E-state index in [0.717, 1.165) is 25.7 Å². The summed E-state index contributed by atoms with van der Waals surface area (Å²) in [7, 11) is 0. The van der Waals surface area contributed by atoms with Gasteiger partial charge in [-0.25, -0.2) is 9.59 Å². The normalized spacial score (nSPS) is 25.2. The average Bonchev–Trinajstić information content (AvgIpc) is 2.95. The van der Waals surface area contributed by atoms with Gasteiger partial charge in [-0.05, 0) is 24.3 Å².